The average Bonchev–Trinajstić information content (AvgIpc) is 2.64. The van der Waals surface area contributed by atoms with E-state index in [2.05, 4.69) is 20.8 Å². The Balaban J connectivity index is 2.50. The van der Waals surface area contributed by atoms with E-state index in [-0.39, 0.29) is 17.2 Å². The molecule has 16 heavy (non-hydrogen) atoms. The topological polar surface area (TPSA) is 66.9 Å². The lowest BCUT2D eigenvalue weighted by Gasteiger charge is -2.12. The standard InChI is InChI=1S/C9H16N4OS2/c1-5(2)11-7(14)6(3)15-9-13-12-8(10-4)16-9/h5-6H,1-4H3,(H,10,12)(H,11,14)/t6-/m0/s1. The lowest BCUT2D eigenvalue weighted by Crippen LogP contribution is -2.35. The van der Waals surface area contributed by atoms with Crippen molar-refractivity contribution in [3.05, 3.63) is 0 Å². The fraction of sp³-hybridized carbons (Fsp3) is 0.667. The van der Waals surface area contributed by atoms with Crippen molar-refractivity contribution in [1.82, 2.24) is 15.5 Å². The summed E-state index contributed by atoms with van der Waals surface area (Å²) in [5, 5.41) is 14.3. The molecule has 1 heterocycles. The summed E-state index contributed by atoms with van der Waals surface area (Å²) in [6, 6.07) is 0.165. The first-order valence-corrected chi connectivity index (χ1v) is 6.70. The van der Waals surface area contributed by atoms with Crippen LogP contribution in [0, 0.1) is 0 Å². The second kappa shape index (κ2) is 6.05. The van der Waals surface area contributed by atoms with Crippen molar-refractivity contribution in [1.29, 1.82) is 0 Å². The summed E-state index contributed by atoms with van der Waals surface area (Å²) in [7, 11) is 1.80. The van der Waals surface area contributed by atoms with Gasteiger partial charge in [-0.05, 0) is 20.8 Å². The predicted octanol–water partition coefficient (Wildman–Crippen LogP) is 1.58. The van der Waals surface area contributed by atoms with Gasteiger partial charge in [0, 0.05) is 13.1 Å². The molecule has 2 N–H and O–H groups in total. The molecule has 1 aromatic heterocycles. The summed E-state index contributed by atoms with van der Waals surface area (Å²) in [6.45, 7) is 5.75. The predicted molar refractivity (Wildman–Crippen MR) is 68.1 cm³/mol. The van der Waals surface area contributed by atoms with Crippen LogP contribution in [0.1, 0.15) is 20.8 Å². The molecule has 0 unspecified atom stereocenters. The van der Waals surface area contributed by atoms with Crippen molar-refractivity contribution < 1.29 is 4.79 Å². The molecule has 0 fully saturated rings. The van der Waals surface area contributed by atoms with E-state index >= 15 is 0 Å². The molecule has 1 rings (SSSR count). The van der Waals surface area contributed by atoms with Crippen molar-refractivity contribution in [2.24, 2.45) is 0 Å². The first-order chi connectivity index (χ1) is 7.52. The van der Waals surface area contributed by atoms with Gasteiger partial charge in [-0.25, -0.2) is 0 Å². The minimum absolute atomic E-state index is 0.0289. The number of aromatic nitrogens is 2. The van der Waals surface area contributed by atoms with Crippen LogP contribution in [-0.2, 0) is 4.79 Å². The average molecular weight is 260 g/mol. The number of rotatable bonds is 5. The molecular formula is C9H16N4OS2. The highest BCUT2D eigenvalue weighted by molar-refractivity contribution is 8.02. The summed E-state index contributed by atoms with van der Waals surface area (Å²) in [5.41, 5.74) is 0. The van der Waals surface area contributed by atoms with Gasteiger partial charge in [0.05, 0.1) is 5.25 Å². The Morgan fingerprint density at radius 3 is 2.56 bits per heavy atom. The van der Waals surface area contributed by atoms with E-state index in [4.69, 9.17) is 0 Å². The minimum atomic E-state index is -0.153. The molecule has 0 saturated heterocycles. The lowest BCUT2D eigenvalue weighted by molar-refractivity contribution is -0.120. The van der Waals surface area contributed by atoms with Crippen LogP contribution in [0.15, 0.2) is 4.34 Å². The van der Waals surface area contributed by atoms with Crippen molar-refractivity contribution in [3.63, 3.8) is 0 Å². The van der Waals surface area contributed by atoms with E-state index in [0.717, 1.165) is 9.47 Å². The molecule has 5 nitrogen and oxygen atoms in total. The largest absolute Gasteiger partial charge is 0.363 e. The third-order valence-corrected chi connectivity index (χ3v) is 3.82. The molecule has 1 aromatic rings. The van der Waals surface area contributed by atoms with E-state index in [1.165, 1.54) is 23.1 Å². The quantitative estimate of drug-likeness (QED) is 0.787. The number of nitrogens with one attached hydrogen (secondary N) is 2. The number of thioether (sulfide) groups is 1. The van der Waals surface area contributed by atoms with Crippen LogP contribution < -0.4 is 10.6 Å². The molecule has 90 valence electrons. The molecule has 0 saturated carbocycles. The van der Waals surface area contributed by atoms with E-state index in [9.17, 15) is 4.79 Å². The smallest absolute Gasteiger partial charge is 0.233 e. The van der Waals surface area contributed by atoms with Gasteiger partial charge < -0.3 is 10.6 Å². The highest BCUT2D eigenvalue weighted by atomic mass is 32.2. The minimum Gasteiger partial charge on any atom is -0.363 e. The zero-order valence-electron chi connectivity index (χ0n) is 9.77. The first kappa shape index (κ1) is 13.2. The van der Waals surface area contributed by atoms with Crippen molar-refractivity contribution in [3.8, 4) is 0 Å². The van der Waals surface area contributed by atoms with Crippen LogP contribution in [-0.4, -0.2) is 34.4 Å². The van der Waals surface area contributed by atoms with E-state index in [0.29, 0.717) is 0 Å². The molecule has 0 bridgehead atoms. The van der Waals surface area contributed by atoms with Crippen molar-refractivity contribution in [2.45, 2.75) is 36.4 Å². The number of hydrogen-bond donors (Lipinski definition) is 2. The highest BCUT2D eigenvalue weighted by Crippen LogP contribution is 2.28. The third kappa shape index (κ3) is 3.97. The number of nitrogens with zero attached hydrogens (tertiary/aromatic N) is 2. The van der Waals surface area contributed by atoms with Crippen LogP contribution in [0.25, 0.3) is 0 Å². The Bertz CT molecular complexity index is 353. The Hall–Kier alpha value is -0.820. The normalized spacial score (nSPS) is 12.6. The van der Waals surface area contributed by atoms with Crippen molar-refractivity contribution in [2.75, 3.05) is 12.4 Å². The van der Waals surface area contributed by atoms with Gasteiger partial charge in [0.1, 0.15) is 0 Å². The number of hydrogen-bond acceptors (Lipinski definition) is 6. The van der Waals surface area contributed by atoms with Gasteiger partial charge in [-0.2, -0.15) is 0 Å². The molecule has 1 amide bonds. The Morgan fingerprint density at radius 2 is 2.06 bits per heavy atom. The number of carbonyl (C=O) groups is 1. The van der Waals surface area contributed by atoms with Crippen LogP contribution >= 0.6 is 23.1 Å². The van der Waals surface area contributed by atoms with Gasteiger partial charge in [-0.15, -0.1) is 10.2 Å². The van der Waals surface area contributed by atoms with Gasteiger partial charge in [0.15, 0.2) is 4.34 Å². The zero-order chi connectivity index (χ0) is 12.1. The van der Waals surface area contributed by atoms with E-state index < -0.39 is 0 Å². The second-order valence-corrected chi connectivity index (χ2v) is 6.11. The SMILES string of the molecule is CNc1nnc(S[C@@H](C)C(=O)NC(C)C)s1. The third-order valence-electron chi connectivity index (χ3n) is 1.70. The maximum atomic E-state index is 11.6. The summed E-state index contributed by atoms with van der Waals surface area (Å²) in [6.07, 6.45) is 0. The second-order valence-electron chi connectivity index (χ2n) is 3.55. The molecule has 0 aliphatic carbocycles. The van der Waals surface area contributed by atoms with Crippen LogP contribution in [0.3, 0.4) is 0 Å². The van der Waals surface area contributed by atoms with E-state index in [1.54, 1.807) is 7.05 Å². The highest BCUT2D eigenvalue weighted by Gasteiger charge is 2.17. The van der Waals surface area contributed by atoms with Gasteiger partial charge in [0.25, 0.3) is 0 Å². The fourth-order valence-electron chi connectivity index (χ4n) is 0.965. The lowest BCUT2D eigenvalue weighted by atomic mass is 10.3. The molecule has 1 atom stereocenters. The first-order valence-electron chi connectivity index (χ1n) is 5.01. The summed E-state index contributed by atoms with van der Waals surface area (Å²) >= 11 is 2.87. The fourth-order valence-corrected chi connectivity index (χ4v) is 2.82. The number of carbonyl (C=O) groups excluding carboxylic acids is 1. The Kier molecular flexibility index (Phi) is 5.01. The number of anilines is 1. The van der Waals surface area contributed by atoms with Gasteiger partial charge in [0.2, 0.25) is 11.0 Å². The van der Waals surface area contributed by atoms with Gasteiger partial charge in [-0.1, -0.05) is 23.1 Å². The molecule has 0 aromatic carbocycles. The molecule has 0 radical (unpaired) electrons. The maximum Gasteiger partial charge on any atom is 0.233 e. The molecule has 0 spiro atoms. The Morgan fingerprint density at radius 1 is 1.38 bits per heavy atom. The van der Waals surface area contributed by atoms with Crippen molar-refractivity contribution >= 4 is 34.1 Å². The summed E-state index contributed by atoms with van der Waals surface area (Å²) < 4.78 is 0.802. The maximum absolute atomic E-state index is 11.6. The van der Waals surface area contributed by atoms with Gasteiger partial charge in [-0.3, -0.25) is 4.79 Å². The molecule has 7 heteroatoms. The number of amides is 1. The monoisotopic (exact) mass is 260 g/mol. The summed E-state index contributed by atoms with van der Waals surface area (Å²) in [5.74, 6) is 0.0289. The molecular weight excluding hydrogens is 244 g/mol. The Labute approximate surface area is 103 Å². The molecule has 0 aliphatic rings. The summed E-state index contributed by atoms with van der Waals surface area (Å²) in [4.78, 5) is 11.6. The van der Waals surface area contributed by atoms with E-state index in [1.807, 2.05) is 20.8 Å². The van der Waals surface area contributed by atoms with Gasteiger partial charge >= 0.3 is 0 Å². The molecule has 0 aliphatic heterocycles. The van der Waals surface area contributed by atoms with Crippen LogP contribution in [0.4, 0.5) is 5.13 Å². The van der Waals surface area contributed by atoms with Crippen LogP contribution in [0.5, 0.6) is 0 Å². The zero-order valence-corrected chi connectivity index (χ0v) is 11.4. The van der Waals surface area contributed by atoms with Crippen LogP contribution in [0.2, 0.25) is 0 Å².